The van der Waals surface area contributed by atoms with Gasteiger partial charge in [0.15, 0.2) is 5.96 Å². The standard InChI is InChI=1S/C21H29N3O3S/c1-16-9-5-7-11-19(16)27-20-12-8-6-10-18(20)15-23-21(22-3)24-17(2)13-14-28(4,25)26/h5-12,17H,13-15H2,1-4H3,(H2,22,23,24). The van der Waals surface area contributed by atoms with Crippen molar-refractivity contribution in [3.8, 4) is 11.5 Å². The van der Waals surface area contributed by atoms with Crippen molar-refractivity contribution in [3.05, 3.63) is 59.7 Å². The first-order chi connectivity index (χ1) is 13.3. The fraction of sp³-hybridized carbons (Fsp3) is 0.381. The van der Waals surface area contributed by atoms with Crippen molar-refractivity contribution < 1.29 is 13.2 Å². The van der Waals surface area contributed by atoms with Gasteiger partial charge < -0.3 is 15.4 Å². The maximum absolute atomic E-state index is 11.3. The molecule has 0 saturated heterocycles. The molecular weight excluding hydrogens is 374 g/mol. The van der Waals surface area contributed by atoms with Gasteiger partial charge in [-0.15, -0.1) is 0 Å². The maximum Gasteiger partial charge on any atom is 0.191 e. The first kappa shape index (κ1) is 21.8. The molecule has 0 saturated carbocycles. The van der Waals surface area contributed by atoms with E-state index in [4.69, 9.17) is 4.74 Å². The topological polar surface area (TPSA) is 79.8 Å². The van der Waals surface area contributed by atoms with E-state index in [1.54, 1.807) is 7.05 Å². The molecule has 0 spiro atoms. The van der Waals surface area contributed by atoms with E-state index < -0.39 is 9.84 Å². The molecule has 2 aromatic rings. The Kier molecular flexibility index (Phi) is 7.87. The Balaban J connectivity index is 1.98. The van der Waals surface area contributed by atoms with Gasteiger partial charge in [0, 0.05) is 31.5 Å². The van der Waals surface area contributed by atoms with Crippen LogP contribution in [0.15, 0.2) is 53.5 Å². The number of benzene rings is 2. The van der Waals surface area contributed by atoms with Crippen molar-refractivity contribution in [1.82, 2.24) is 10.6 Å². The largest absolute Gasteiger partial charge is 0.457 e. The third kappa shape index (κ3) is 7.23. The van der Waals surface area contributed by atoms with Crippen LogP contribution in [0.2, 0.25) is 0 Å². The number of para-hydroxylation sites is 2. The number of ether oxygens (including phenoxy) is 1. The zero-order valence-electron chi connectivity index (χ0n) is 16.9. The number of aryl methyl sites for hydroxylation is 1. The van der Waals surface area contributed by atoms with Crippen LogP contribution in [-0.4, -0.2) is 39.5 Å². The van der Waals surface area contributed by atoms with Gasteiger partial charge in [0.2, 0.25) is 0 Å². The lowest BCUT2D eigenvalue weighted by Gasteiger charge is -2.18. The minimum atomic E-state index is -2.97. The highest BCUT2D eigenvalue weighted by Gasteiger charge is 2.11. The molecule has 0 amide bonds. The van der Waals surface area contributed by atoms with Crippen LogP contribution in [-0.2, 0) is 16.4 Å². The molecule has 0 heterocycles. The summed E-state index contributed by atoms with van der Waals surface area (Å²) in [4.78, 5) is 4.22. The third-order valence-electron chi connectivity index (χ3n) is 4.26. The Hall–Kier alpha value is -2.54. The van der Waals surface area contributed by atoms with Crippen molar-refractivity contribution in [1.29, 1.82) is 0 Å². The van der Waals surface area contributed by atoms with Crippen LogP contribution >= 0.6 is 0 Å². The number of guanidine groups is 1. The average Bonchev–Trinajstić information content (AvgIpc) is 2.65. The molecule has 2 N–H and O–H groups in total. The summed E-state index contributed by atoms with van der Waals surface area (Å²) in [7, 11) is -1.28. The predicted molar refractivity (Wildman–Crippen MR) is 115 cm³/mol. The van der Waals surface area contributed by atoms with Gasteiger partial charge in [-0.2, -0.15) is 0 Å². The smallest absolute Gasteiger partial charge is 0.191 e. The summed E-state index contributed by atoms with van der Waals surface area (Å²) in [5.41, 5.74) is 2.07. The molecule has 1 atom stereocenters. The Labute approximate surface area is 168 Å². The van der Waals surface area contributed by atoms with Crippen LogP contribution in [0.1, 0.15) is 24.5 Å². The molecule has 28 heavy (non-hydrogen) atoms. The fourth-order valence-corrected chi connectivity index (χ4v) is 3.39. The molecule has 0 aliphatic carbocycles. The summed E-state index contributed by atoms with van der Waals surface area (Å²) in [6, 6.07) is 15.7. The van der Waals surface area contributed by atoms with Crippen molar-refractivity contribution in [2.45, 2.75) is 32.9 Å². The van der Waals surface area contributed by atoms with E-state index in [9.17, 15) is 8.42 Å². The number of nitrogens with zero attached hydrogens (tertiary/aromatic N) is 1. The van der Waals surface area contributed by atoms with E-state index in [1.165, 1.54) is 6.26 Å². The van der Waals surface area contributed by atoms with Gasteiger partial charge in [0.25, 0.3) is 0 Å². The predicted octanol–water partition coefficient (Wildman–Crippen LogP) is 3.28. The molecule has 0 aromatic heterocycles. The van der Waals surface area contributed by atoms with Gasteiger partial charge in [-0.1, -0.05) is 36.4 Å². The van der Waals surface area contributed by atoms with E-state index in [-0.39, 0.29) is 11.8 Å². The van der Waals surface area contributed by atoms with Crippen LogP contribution in [0.5, 0.6) is 11.5 Å². The molecule has 2 rings (SSSR count). The Bertz CT molecular complexity index is 911. The van der Waals surface area contributed by atoms with Crippen LogP contribution in [0.25, 0.3) is 0 Å². The van der Waals surface area contributed by atoms with Gasteiger partial charge in [0.1, 0.15) is 21.3 Å². The lowest BCUT2D eigenvalue weighted by atomic mass is 10.2. The molecule has 7 heteroatoms. The second kappa shape index (κ2) is 10.1. The van der Waals surface area contributed by atoms with Gasteiger partial charge in [-0.05, 0) is 38.0 Å². The zero-order valence-corrected chi connectivity index (χ0v) is 17.7. The highest BCUT2D eigenvalue weighted by molar-refractivity contribution is 7.90. The molecule has 152 valence electrons. The Morgan fingerprint density at radius 2 is 1.75 bits per heavy atom. The molecule has 2 aromatic carbocycles. The zero-order chi connectivity index (χ0) is 20.6. The Morgan fingerprint density at radius 1 is 1.11 bits per heavy atom. The molecular formula is C21H29N3O3S. The van der Waals surface area contributed by atoms with Crippen LogP contribution < -0.4 is 15.4 Å². The van der Waals surface area contributed by atoms with Crippen molar-refractivity contribution in [2.75, 3.05) is 19.1 Å². The number of hydrogen-bond donors (Lipinski definition) is 2. The van der Waals surface area contributed by atoms with Gasteiger partial charge in [-0.25, -0.2) is 8.42 Å². The first-order valence-corrected chi connectivity index (χ1v) is 11.3. The quantitative estimate of drug-likeness (QED) is 0.522. The molecule has 0 aliphatic heterocycles. The van der Waals surface area contributed by atoms with E-state index in [2.05, 4.69) is 15.6 Å². The van der Waals surface area contributed by atoms with E-state index >= 15 is 0 Å². The van der Waals surface area contributed by atoms with E-state index in [1.807, 2.05) is 62.4 Å². The Morgan fingerprint density at radius 3 is 2.39 bits per heavy atom. The average molecular weight is 404 g/mol. The van der Waals surface area contributed by atoms with Crippen LogP contribution in [0, 0.1) is 6.92 Å². The first-order valence-electron chi connectivity index (χ1n) is 9.25. The third-order valence-corrected chi connectivity index (χ3v) is 5.24. The van der Waals surface area contributed by atoms with E-state index in [0.717, 1.165) is 22.6 Å². The minimum absolute atomic E-state index is 0.0145. The second-order valence-electron chi connectivity index (χ2n) is 6.86. The van der Waals surface area contributed by atoms with Gasteiger partial charge in [-0.3, -0.25) is 4.99 Å². The monoisotopic (exact) mass is 403 g/mol. The van der Waals surface area contributed by atoms with Crippen LogP contribution in [0.3, 0.4) is 0 Å². The van der Waals surface area contributed by atoms with E-state index in [0.29, 0.717) is 18.9 Å². The molecule has 6 nitrogen and oxygen atoms in total. The number of aliphatic imine (C=N–C) groups is 1. The summed E-state index contributed by atoms with van der Waals surface area (Å²) in [6.45, 7) is 4.48. The SMILES string of the molecule is CN=C(NCc1ccccc1Oc1ccccc1C)NC(C)CCS(C)(=O)=O. The normalized spacial score (nSPS) is 13.1. The lowest BCUT2D eigenvalue weighted by molar-refractivity contribution is 0.471. The summed E-state index contributed by atoms with van der Waals surface area (Å²) in [5, 5.41) is 6.49. The molecule has 0 aliphatic rings. The van der Waals surface area contributed by atoms with Crippen molar-refractivity contribution in [2.24, 2.45) is 4.99 Å². The molecule has 0 fully saturated rings. The number of hydrogen-bond acceptors (Lipinski definition) is 4. The van der Waals surface area contributed by atoms with Gasteiger partial charge in [0.05, 0.1) is 5.75 Å². The highest BCUT2D eigenvalue weighted by Crippen LogP contribution is 2.27. The molecule has 1 unspecified atom stereocenters. The summed E-state index contributed by atoms with van der Waals surface area (Å²) in [6.07, 6.45) is 1.77. The van der Waals surface area contributed by atoms with Crippen LogP contribution in [0.4, 0.5) is 0 Å². The summed E-state index contributed by atoms with van der Waals surface area (Å²) >= 11 is 0. The lowest BCUT2D eigenvalue weighted by Crippen LogP contribution is -2.42. The maximum atomic E-state index is 11.3. The van der Waals surface area contributed by atoms with Crippen molar-refractivity contribution in [3.63, 3.8) is 0 Å². The number of rotatable bonds is 8. The molecule has 0 bridgehead atoms. The minimum Gasteiger partial charge on any atom is -0.457 e. The second-order valence-corrected chi connectivity index (χ2v) is 9.12. The number of nitrogens with one attached hydrogen (secondary N) is 2. The van der Waals surface area contributed by atoms with Crippen molar-refractivity contribution >= 4 is 15.8 Å². The summed E-state index contributed by atoms with van der Waals surface area (Å²) < 4.78 is 28.7. The fourth-order valence-electron chi connectivity index (χ4n) is 2.61. The van der Waals surface area contributed by atoms with Gasteiger partial charge >= 0.3 is 0 Å². The molecule has 0 radical (unpaired) electrons. The number of sulfone groups is 1. The highest BCUT2D eigenvalue weighted by atomic mass is 32.2. The summed E-state index contributed by atoms with van der Waals surface area (Å²) in [5.74, 6) is 2.37.